The Morgan fingerprint density at radius 1 is 1.29 bits per heavy atom. The van der Waals surface area contributed by atoms with Gasteiger partial charge in [-0.1, -0.05) is 55.6 Å². The van der Waals surface area contributed by atoms with Crippen molar-refractivity contribution in [2.45, 2.75) is 32.6 Å². The molecular formula is C12H16ClN. The monoisotopic (exact) mass is 209 g/mol. The molecule has 0 radical (unpaired) electrons. The summed E-state index contributed by atoms with van der Waals surface area (Å²) in [4.78, 5) is 0. The van der Waals surface area contributed by atoms with Crippen LogP contribution in [-0.2, 0) is 6.42 Å². The van der Waals surface area contributed by atoms with Gasteiger partial charge in [-0.05, 0) is 18.4 Å². The van der Waals surface area contributed by atoms with E-state index in [1.54, 1.807) is 0 Å². The first-order valence-electron chi connectivity index (χ1n) is 5.08. The second kappa shape index (κ2) is 5.82. The third-order valence-corrected chi connectivity index (χ3v) is 2.51. The van der Waals surface area contributed by atoms with Crippen molar-refractivity contribution in [3.05, 3.63) is 35.4 Å². The summed E-state index contributed by atoms with van der Waals surface area (Å²) in [5.74, 6) is 0. The van der Waals surface area contributed by atoms with Gasteiger partial charge in [0.2, 0.25) is 0 Å². The number of hydrogen-bond donors (Lipinski definition) is 1. The first kappa shape index (κ1) is 11.3. The minimum absolute atomic E-state index is 0.150. The van der Waals surface area contributed by atoms with E-state index in [0.717, 1.165) is 12.0 Å². The maximum Gasteiger partial charge on any atom is 0.128 e. The molecule has 0 amide bonds. The van der Waals surface area contributed by atoms with Crippen molar-refractivity contribution < 1.29 is 0 Å². The summed E-state index contributed by atoms with van der Waals surface area (Å²) < 4.78 is 0. The van der Waals surface area contributed by atoms with Crippen molar-refractivity contribution in [2.75, 3.05) is 0 Å². The Kier molecular flexibility index (Phi) is 4.68. The zero-order valence-electron chi connectivity index (χ0n) is 8.52. The van der Waals surface area contributed by atoms with Crippen molar-refractivity contribution in [3.63, 3.8) is 0 Å². The molecule has 76 valence electrons. The molecule has 1 nitrogen and oxygen atoms in total. The van der Waals surface area contributed by atoms with Gasteiger partial charge in [0.15, 0.2) is 0 Å². The van der Waals surface area contributed by atoms with Gasteiger partial charge in [0.25, 0.3) is 0 Å². The van der Waals surface area contributed by atoms with Crippen molar-refractivity contribution >= 4 is 16.8 Å². The van der Waals surface area contributed by atoms with Crippen LogP contribution in [0.1, 0.15) is 37.3 Å². The molecule has 0 saturated carbocycles. The van der Waals surface area contributed by atoms with Gasteiger partial charge in [-0.15, -0.1) is 0 Å². The quantitative estimate of drug-likeness (QED) is 0.560. The molecule has 0 spiro atoms. The molecule has 0 saturated heterocycles. The molecule has 0 aromatic heterocycles. The van der Waals surface area contributed by atoms with E-state index in [4.69, 9.17) is 17.0 Å². The number of hydrogen-bond acceptors (Lipinski definition) is 1. The van der Waals surface area contributed by atoms with Crippen LogP contribution in [0.3, 0.4) is 0 Å². The first-order valence-corrected chi connectivity index (χ1v) is 5.45. The Labute approximate surface area is 90.6 Å². The molecule has 1 aromatic carbocycles. The Balaban J connectivity index is 2.69. The second-order valence-electron chi connectivity index (χ2n) is 3.43. The predicted molar refractivity (Wildman–Crippen MR) is 62.4 cm³/mol. The fraction of sp³-hybridized carbons (Fsp3) is 0.417. The van der Waals surface area contributed by atoms with Gasteiger partial charge in [0, 0.05) is 5.56 Å². The van der Waals surface area contributed by atoms with Crippen LogP contribution in [0.25, 0.3) is 0 Å². The van der Waals surface area contributed by atoms with Crippen LogP contribution in [0.2, 0.25) is 0 Å². The topological polar surface area (TPSA) is 23.9 Å². The van der Waals surface area contributed by atoms with E-state index in [0.29, 0.717) is 0 Å². The van der Waals surface area contributed by atoms with Crippen LogP contribution in [-0.4, -0.2) is 5.17 Å². The van der Waals surface area contributed by atoms with Crippen LogP contribution in [0, 0.1) is 5.41 Å². The third-order valence-electron chi connectivity index (χ3n) is 2.30. The SMILES string of the molecule is CCCCCc1ccccc1C(=N)Cl. The van der Waals surface area contributed by atoms with Crippen molar-refractivity contribution in [3.8, 4) is 0 Å². The van der Waals surface area contributed by atoms with E-state index < -0.39 is 0 Å². The van der Waals surface area contributed by atoms with Gasteiger partial charge >= 0.3 is 0 Å². The number of aryl methyl sites for hydroxylation is 1. The van der Waals surface area contributed by atoms with Crippen LogP contribution < -0.4 is 0 Å². The summed E-state index contributed by atoms with van der Waals surface area (Å²) in [6.45, 7) is 2.19. The molecule has 0 aliphatic carbocycles. The fourth-order valence-corrected chi connectivity index (χ4v) is 1.70. The smallest absolute Gasteiger partial charge is 0.128 e. The Morgan fingerprint density at radius 2 is 2.00 bits per heavy atom. The van der Waals surface area contributed by atoms with Crippen LogP contribution >= 0.6 is 11.6 Å². The summed E-state index contributed by atoms with van der Waals surface area (Å²) in [7, 11) is 0. The summed E-state index contributed by atoms with van der Waals surface area (Å²) in [6, 6.07) is 7.90. The summed E-state index contributed by atoms with van der Waals surface area (Å²) in [5.41, 5.74) is 2.08. The van der Waals surface area contributed by atoms with Gasteiger partial charge in [-0.25, -0.2) is 0 Å². The Hall–Kier alpha value is -0.820. The largest absolute Gasteiger partial charge is 0.289 e. The third kappa shape index (κ3) is 3.15. The number of rotatable bonds is 5. The first-order chi connectivity index (χ1) is 6.75. The highest BCUT2D eigenvalue weighted by molar-refractivity contribution is 6.68. The maximum atomic E-state index is 7.42. The Morgan fingerprint density at radius 3 is 2.64 bits per heavy atom. The molecule has 1 rings (SSSR count). The molecule has 0 fully saturated rings. The van der Waals surface area contributed by atoms with E-state index >= 15 is 0 Å². The number of benzene rings is 1. The highest BCUT2D eigenvalue weighted by Crippen LogP contribution is 2.14. The highest BCUT2D eigenvalue weighted by atomic mass is 35.5. The van der Waals surface area contributed by atoms with Gasteiger partial charge in [0.05, 0.1) is 0 Å². The summed E-state index contributed by atoms with van der Waals surface area (Å²) >= 11 is 5.70. The van der Waals surface area contributed by atoms with Crippen LogP contribution in [0.5, 0.6) is 0 Å². The number of unbranched alkanes of at least 4 members (excludes halogenated alkanes) is 2. The minimum Gasteiger partial charge on any atom is -0.289 e. The number of nitrogens with one attached hydrogen (secondary N) is 1. The van der Waals surface area contributed by atoms with Crippen molar-refractivity contribution in [1.29, 1.82) is 5.41 Å². The predicted octanol–water partition coefficient (Wildman–Crippen LogP) is 3.98. The molecule has 1 aromatic rings. The van der Waals surface area contributed by atoms with Gasteiger partial charge in [-0.3, -0.25) is 5.41 Å². The average molecular weight is 210 g/mol. The average Bonchev–Trinajstić information content (AvgIpc) is 2.19. The zero-order chi connectivity index (χ0) is 10.4. The standard InChI is InChI=1S/C12H16ClN/c1-2-3-4-7-10-8-5-6-9-11(10)12(13)14/h5-6,8-9,14H,2-4,7H2,1H3. The summed E-state index contributed by atoms with van der Waals surface area (Å²) in [5, 5.41) is 7.57. The molecule has 0 bridgehead atoms. The van der Waals surface area contributed by atoms with Crippen LogP contribution in [0.4, 0.5) is 0 Å². The van der Waals surface area contributed by atoms with Gasteiger partial charge in [0.1, 0.15) is 5.17 Å². The van der Waals surface area contributed by atoms with E-state index in [1.807, 2.05) is 18.2 Å². The lowest BCUT2D eigenvalue weighted by atomic mass is 10.0. The zero-order valence-corrected chi connectivity index (χ0v) is 9.27. The van der Waals surface area contributed by atoms with Crippen LogP contribution in [0.15, 0.2) is 24.3 Å². The van der Waals surface area contributed by atoms with Gasteiger partial charge < -0.3 is 0 Å². The van der Waals surface area contributed by atoms with Crippen molar-refractivity contribution in [2.24, 2.45) is 0 Å². The fourth-order valence-electron chi connectivity index (χ4n) is 1.52. The van der Waals surface area contributed by atoms with E-state index in [-0.39, 0.29) is 5.17 Å². The summed E-state index contributed by atoms with van der Waals surface area (Å²) in [6.07, 6.45) is 4.67. The van der Waals surface area contributed by atoms with E-state index in [1.165, 1.54) is 24.8 Å². The van der Waals surface area contributed by atoms with E-state index in [9.17, 15) is 0 Å². The lowest BCUT2D eigenvalue weighted by molar-refractivity contribution is 0.717. The normalized spacial score (nSPS) is 10.1. The molecule has 0 atom stereocenters. The maximum absolute atomic E-state index is 7.42. The second-order valence-corrected chi connectivity index (χ2v) is 3.81. The molecular weight excluding hydrogens is 194 g/mol. The van der Waals surface area contributed by atoms with Gasteiger partial charge in [-0.2, -0.15) is 0 Å². The lowest BCUT2D eigenvalue weighted by Gasteiger charge is -2.06. The molecule has 0 aliphatic rings. The molecule has 2 heteroatoms. The molecule has 14 heavy (non-hydrogen) atoms. The molecule has 1 N–H and O–H groups in total. The minimum atomic E-state index is 0.150. The molecule has 0 heterocycles. The molecule has 0 aliphatic heterocycles. The van der Waals surface area contributed by atoms with E-state index in [2.05, 4.69) is 13.0 Å². The lowest BCUT2D eigenvalue weighted by Crippen LogP contribution is -1.97. The number of halogens is 1. The Bertz CT molecular complexity index is 307. The highest BCUT2D eigenvalue weighted by Gasteiger charge is 2.03. The molecule has 0 unspecified atom stereocenters. The van der Waals surface area contributed by atoms with Crippen molar-refractivity contribution in [1.82, 2.24) is 0 Å².